The number of aliphatic carboxylic acids is 1. The molecule has 0 fully saturated rings. The molecule has 0 unspecified atom stereocenters. The summed E-state index contributed by atoms with van der Waals surface area (Å²) < 4.78 is 0. The Morgan fingerprint density at radius 2 is 1.96 bits per heavy atom. The summed E-state index contributed by atoms with van der Waals surface area (Å²) in [6.45, 7) is 3.85. The van der Waals surface area contributed by atoms with Gasteiger partial charge in [0.2, 0.25) is 5.91 Å². The zero-order valence-corrected chi connectivity index (χ0v) is 14.0. The second-order valence-electron chi connectivity index (χ2n) is 5.77. The van der Waals surface area contributed by atoms with Crippen molar-refractivity contribution in [1.29, 1.82) is 0 Å². The van der Waals surface area contributed by atoms with Crippen LogP contribution in [0.4, 0.5) is 0 Å². The number of thiazole rings is 1. The molecule has 0 aliphatic rings. The number of carbonyl (C=O) groups is 2. The van der Waals surface area contributed by atoms with E-state index in [-0.39, 0.29) is 18.2 Å². The molecule has 23 heavy (non-hydrogen) atoms. The molecule has 1 aromatic carbocycles. The van der Waals surface area contributed by atoms with Crippen molar-refractivity contribution < 1.29 is 14.7 Å². The fourth-order valence-electron chi connectivity index (χ4n) is 2.20. The Labute approximate surface area is 139 Å². The second-order valence-corrected chi connectivity index (χ2v) is 6.63. The molecule has 0 aliphatic carbocycles. The number of carboxylic acid groups (broad SMARTS) is 1. The van der Waals surface area contributed by atoms with E-state index in [4.69, 9.17) is 5.11 Å². The van der Waals surface area contributed by atoms with Gasteiger partial charge in [-0.05, 0) is 12.3 Å². The Balaban J connectivity index is 1.98. The Bertz CT molecular complexity index is 667. The maximum Gasteiger partial charge on any atom is 0.326 e. The highest BCUT2D eigenvalue weighted by Crippen LogP contribution is 2.23. The van der Waals surface area contributed by atoms with Crippen molar-refractivity contribution in [3.63, 3.8) is 0 Å². The van der Waals surface area contributed by atoms with Gasteiger partial charge in [0.15, 0.2) is 0 Å². The highest BCUT2D eigenvalue weighted by atomic mass is 32.1. The van der Waals surface area contributed by atoms with E-state index in [1.54, 1.807) is 0 Å². The van der Waals surface area contributed by atoms with Crippen molar-refractivity contribution in [2.45, 2.75) is 32.7 Å². The van der Waals surface area contributed by atoms with Crippen LogP contribution < -0.4 is 5.32 Å². The Morgan fingerprint density at radius 3 is 2.57 bits per heavy atom. The fourth-order valence-corrected chi connectivity index (χ4v) is 3.03. The summed E-state index contributed by atoms with van der Waals surface area (Å²) in [6, 6.07) is 8.89. The van der Waals surface area contributed by atoms with Crippen LogP contribution in [0, 0.1) is 5.92 Å². The smallest absolute Gasteiger partial charge is 0.326 e. The van der Waals surface area contributed by atoms with E-state index < -0.39 is 12.0 Å². The molecule has 0 radical (unpaired) electrons. The normalized spacial score (nSPS) is 12.1. The highest BCUT2D eigenvalue weighted by Gasteiger charge is 2.21. The van der Waals surface area contributed by atoms with Gasteiger partial charge in [-0.25, -0.2) is 9.78 Å². The van der Waals surface area contributed by atoms with E-state index in [0.717, 1.165) is 10.6 Å². The molecular formula is C17H20N2O3S. The number of rotatable bonds is 7. The predicted octanol–water partition coefficient (Wildman–Crippen LogP) is 2.97. The largest absolute Gasteiger partial charge is 0.480 e. The van der Waals surface area contributed by atoms with Gasteiger partial charge in [-0.1, -0.05) is 44.2 Å². The van der Waals surface area contributed by atoms with E-state index in [0.29, 0.717) is 12.1 Å². The van der Waals surface area contributed by atoms with E-state index in [1.807, 2.05) is 49.6 Å². The molecule has 2 rings (SSSR count). The van der Waals surface area contributed by atoms with Gasteiger partial charge in [-0.15, -0.1) is 11.3 Å². The summed E-state index contributed by atoms with van der Waals surface area (Å²) in [5, 5.41) is 14.4. The number of benzene rings is 1. The predicted molar refractivity (Wildman–Crippen MR) is 90.3 cm³/mol. The Kier molecular flexibility index (Phi) is 5.87. The first-order valence-electron chi connectivity index (χ1n) is 7.47. The number of carboxylic acids is 1. The minimum absolute atomic E-state index is 0.0885. The molecule has 0 aliphatic heterocycles. The number of hydrogen-bond acceptors (Lipinski definition) is 4. The van der Waals surface area contributed by atoms with Gasteiger partial charge in [0.25, 0.3) is 0 Å². The minimum Gasteiger partial charge on any atom is -0.480 e. The molecule has 6 heteroatoms. The zero-order valence-electron chi connectivity index (χ0n) is 13.2. The van der Waals surface area contributed by atoms with Crippen LogP contribution in [0.1, 0.15) is 26.0 Å². The van der Waals surface area contributed by atoms with Crippen molar-refractivity contribution in [2.75, 3.05) is 0 Å². The lowest BCUT2D eigenvalue weighted by Gasteiger charge is -2.16. The summed E-state index contributed by atoms with van der Waals surface area (Å²) in [6.07, 6.45) is 0.499. The number of carbonyl (C=O) groups excluding carboxylic acids is 1. The third-order valence-electron chi connectivity index (χ3n) is 3.25. The average Bonchev–Trinajstić information content (AvgIpc) is 2.95. The maximum absolute atomic E-state index is 12.0. The van der Waals surface area contributed by atoms with Gasteiger partial charge in [-0.3, -0.25) is 4.79 Å². The highest BCUT2D eigenvalue weighted by molar-refractivity contribution is 7.13. The molecule has 2 N–H and O–H groups in total. The van der Waals surface area contributed by atoms with Gasteiger partial charge in [0, 0.05) is 10.9 Å². The van der Waals surface area contributed by atoms with Crippen LogP contribution in [-0.4, -0.2) is 28.0 Å². The molecule has 2 aromatic rings. The minimum atomic E-state index is -1.00. The standard InChI is InChI=1S/C17H20N2O3S/c1-11(2)8-14(17(21)22)19-15(20)9-13-10-23-16(18-13)12-6-4-3-5-7-12/h3-7,10-11,14H,8-9H2,1-2H3,(H,19,20)(H,21,22)/t14-/m1/s1. The van der Waals surface area contributed by atoms with Crippen LogP contribution in [0.15, 0.2) is 35.7 Å². The van der Waals surface area contributed by atoms with Gasteiger partial charge in [-0.2, -0.15) is 0 Å². The number of nitrogens with zero attached hydrogens (tertiary/aromatic N) is 1. The van der Waals surface area contributed by atoms with Gasteiger partial charge in [0.1, 0.15) is 11.0 Å². The summed E-state index contributed by atoms with van der Waals surface area (Å²) in [4.78, 5) is 27.7. The van der Waals surface area contributed by atoms with Crippen LogP contribution in [0.2, 0.25) is 0 Å². The summed E-state index contributed by atoms with van der Waals surface area (Å²) in [7, 11) is 0. The first-order chi connectivity index (χ1) is 11.0. The third-order valence-corrected chi connectivity index (χ3v) is 4.19. The molecule has 1 amide bonds. The maximum atomic E-state index is 12.0. The van der Waals surface area contributed by atoms with Crippen molar-refractivity contribution in [1.82, 2.24) is 10.3 Å². The van der Waals surface area contributed by atoms with Crippen LogP contribution in [-0.2, 0) is 16.0 Å². The van der Waals surface area contributed by atoms with Crippen LogP contribution in [0.25, 0.3) is 10.6 Å². The Morgan fingerprint density at radius 1 is 1.26 bits per heavy atom. The van der Waals surface area contributed by atoms with Gasteiger partial charge in [0.05, 0.1) is 12.1 Å². The molecule has 1 atom stereocenters. The fraction of sp³-hybridized carbons (Fsp3) is 0.353. The second kappa shape index (κ2) is 7.87. The number of aromatic nitrogens is 1. The van der Waals surface area contributed by atoms with Crippen molar-refractivity contribution >= 4 is 23.2 Å². The van der Waals surface area contributed by atoms with Crippen molar-refractivity contribution in [2.24, 2.45) is 5.92 Å². The zero-order chi connectivity index (χ0) is 16.8. The number of nitrogens with one attached hydrogen (secondary N) is 1. The molecule has 0 spiro atoms. The van der Waals surface area contributed by atoms with Gasteiger partial charge < -0.3 is 10.4 Å². The number of amides is 1. The molecule has 0 saturated heterocycles. The van der Waals surface area contributed by atoms with Crippen LogP contribution >= 0.6 is 11.3 Å². The number of hydrogen-bond donors (Lipinski definition) is 2. The summed E-state index contributed by atoms with van der Waals surface area (Å²) in [5.41, 5.74) is 1.66. The van der Waals surface area contributed by atoms with Crippen LogP contribution in [0.3, 0.4) is 0 Å². The van der Waals surface area contributed by atoms with E-state index in [9.17, 15) is 9.59 Å². The monoisotopic (exact) mass is 332 g/mol. The third kappa shape index (κ3) is 5.17. The SMILES string of the molecule is CC(C)C[C@@H](NC(=O)Cc1csc(-c2ccccc2)n1)C(=O)O. The lowest BCUT2D eigenvalue weighted by Crippen LogP contribution is -2.42. The topological polar surface area (TPSA) is 79.3 Å². The molecule has 0 bridgehead atoms. The Hall–Kier alpha value is -2.21. The first-order valence-corrected chi connectivity index (χ1v) is 8.35. The molecular weight excluding hydrogens is 312 g/mol. The molecule has 5 nitrogen and oxygen atoms in total. The first kappa shape index (κ1) is 17.1. The lowest BCUT2D eigenvalue weighted by atomic mass is 10.0. The van der Waals surface area contributed by atoms with Gasteiger partial charge >= 0.3 is 5.97 Å². The van der Waals surface area contributed by atoms with Crippen molar-refractivity contribution in [3.8, 4) is 10.6 Å². The van der Waals surface area contributed by atoms with E-state index in [2.05, 4.69) is 10.3 Å². The van der Waals surface area contributed by atoms with E-state index >= 15 is 0 Å². The molecule has 1 heterocycles. The van der Waals surface area contributed by atoms with Crippen molar-refractivity contribution in [3.05, 3.63) is 41.4 Å². The summed E-state index contributed by atoms with van der Waals surface area (Å²) in [5.74, 6) is -1.13. The molecule has 1 aromatic heterocycles. The average molecular weight is 332 g/mol. The lowest BCUT2D eigenvalue weighted by molar-refractivity contribution is -0.142. The quantitative estimate of drug-likeness (QED) is 0.817. The molecule has 0 saturated carbocycles. The summed E-state index contributed by atoms with van der Waals surface area (Å²) >= 11 is 1.47. The van der Waals surface area contributed by atoms with E-state index in [1.165, 1.54) is 11.3 Å². The van der Waals surface area contributed by atoms with Crippen LogP contribution in [0.5, 0.6) is 0 Å². The molecule has 122 valence electrons.